The van der Waals surface area contributed by atoms with Gasteiger partial charge in [-0.15, -0.1) is 0 Å². The molecule has 4 nitrogen and oxygen atoms in total. The molecule has 0 radical (unpaired) electrons. The molecule has 0 saturated heterocycles. The highest BCUT2D eigenvalue weighted by Crippen LogP contribution is 2.18. The van der Waals surface area contributed by atoms with Crippen molar-refractivity contribution in [3.8, 4) is 0 Å². The topological polar surface area (TPSA) is 57.6 Å². The Kier molecular flexibility index (Phi) is 6.15. The van der Waals surface area contributed by atoms with Crippen molar-refractivity contribution in [1.82, 2.24) is 0 Å². The van der Waals surface area contributed by atoms with Crippen LogP contribution in [0, 0.1) is 11.7 Å². The van der Waals surface area contributed by atoms with Gasteiger partial charge in [0.05, 0.1) is 5.92 Å². The molecule has 1 rings (SSSR count). The number of carbonyl (C=O) groups excluding carboxylic acids is 1. The van der Waals surface area contributed by atoms with Crippen LogP contribution in [0.2, 0.25) is 0 Å². The minimum Gasteiger partial charge on any atom is -0.481 e. The zero-order valence-corrected chi connectivity index (χ0v) is 11.8. The highest BCUT2D eigenvalue weighted by molar-refractivity contribution is 5.93. The average Bonchev–Trinajstić information content (AvgIpc) is 2.42. The standard InChI is InChI=1S/C15H20FNO3/c1-3-4-5-14(18)17(10-11(2)15(19)20)13-8-6-12(16)7-9-13/h6-9,11H,3-5,10H2,1-2H3,(H,19,20). The van der Waals surface area contributed by atoms with Crippen molar-refractivity contribution < 1.29 is 19.1 Å². The molecule has 0 fully saturated rings. The number of hydrogen-bond donors (Lipinski definition) is 1. The van der Waals surface area contributed by atoms with Crippen molar-refractivity contribution in [3.05, 3.63) is 30.1 Å². The normalized spacial score (nSPS) is 11.9. The first-order chi connectivity index (χ1) is 9.45. The Labute approximate surface area is 118 Å². The summed E-state index contributed by atoms with van der Waals surface area (Å²) in [6, 6.07) is 5.52. The molecular formula is C15H20FNO3. The maximum Gasteiger partial charge on any atom is 0.308 e. The van der Waals surface area contributed by atoms with Crippen LogP contribution in [0.5, 0.6) is 0 Å². The summed E-state index contributed by atoms with van der Waals surface area (Å²) in [6.07, 6.45) is 2.00. The van der Waals surface area contributed by atoms with Crippen LogP contribution < -0.4 is 4.90 Å². The number of amides is 1. The lowest BCUT2D eigenvalue weighted by molar-refractivity contribution is -0.140. The smallest absolute Gasteiger partial charge is 0.308 e. The van der Waals surface area contributed by atoms with Gasteiger partial charge in [-0.25, -0.2) is 4.39 Å². The van der Waals surface area contributed by atoms with Gasteiger partial charge >= 0.3 is 5.97 Å². The lowest BCUT2D eigenvalue weighted by atomic mass is 10.1. The Hall–Kier alpha value is -1.91. The monoisotopic (exact) mass is 281 g/mol. The summed E-state index contributed by atoms with van der Waals surface area (Å²) in [5, 5.41) is 8.98. The molecule has 0 saturated carbocycles. The number of rotatable bonds is 7. The summed E-state index contributed by atoms with van der Waals surface area (Å²) in [7, 11) is 0. The third-order valence-corrected chi connectivity index (χ3v) is 3.06. The molecule has 0 bridgehead atoms. The number of hydrogen-bond acceptors (Lipinski definition) is 2. The molecule has 1 amide bonds. The summed E-state index contributed by atoms with van der Waals surface area (Å²) in [4.78, 5) is 24.6. The number of benzene rings is 1. The Morgan fingerprint density at radius 2 is 1.90 bits per heavy atom. The average molecular weight is 281 g/mol. The summed E-state index contributed by atoms with van der Waals surface area (Å²) >= 11 is 0. The largest absolute Gasteiger partial charge is 0.481 e. The van der Waals surface area contributed by atoms with E-state index in [0.29, 0.717) is 12.1 Å². The second-order valence-corrected chi connectivity index (χ2v) is 4.82. The van der Waals surface area contributed by atoms with Crippen LogP contribution >= 0.6 is 0 Å². The Balaban J connectivity index is 2.91. The summed E-state index contributed by atoms with van der Waals surface area (Å²) in [5.41, 5.74) is 0.528. The fourth-order valence-corrected chi connectivity index (χ4v) is 1.79. The zero-order valence-electron chi connectivity index (χ0n) is 11.8. The third-order valence-electron chi connectivity index (χ3n) is 3.06. The van der Waals surface area contributed by atoms with Crippen molar-refractivity contribution >= 4 is 17.6 Å². The van der Waals surface area contributed by atoms with Crippen molar-refractivity contribution in [2.24, 2.45) is 5.92 Å². The van der Waals surface area contributed by atoms with E-state index in [0.717, 1.165) is 12.8 Å². The van der Waals surface area contributed by atoms with E-state index in [-0.39, 0.29) is 18.3 Å². The van der Waals surface area contributed by atoms with Gasteiger partial charge in [0.25, 0.3) is 0 Å². The Morgan fingerprint density at radius 1 is 1.30 bits per heavy atom. The predicted octanol–water partition coefficient (Wildman–Crippen LogP) is 3.07. The molecule has 1 atom stereocenters. The lowest BCUT2D eigenvalue weighted by Crippen LogP contribution is -2.36. The lowest BCUT2D eigenvalue weighted by Gasteiger charge is -2.24. The summed E-state index contributed by atoms with van der Waals surface area (Å²) in [5.74, 6) is -2.15. The SMILES string of the molecule is CCCCC(=O)N(CC(C)C(=O)O)c1ccc(F)cc1. The van der Waals surface area contributed by atoms with Crippen LogP contribution in [0.15, 0.2) is 24.3 Å². The molecule has 1 N–H and O–H groups in total. The van der Waals surface area contributed by atoms with Gasteiger partial charge in [-0.05, 0) is 30.7 Å². The van der Waals surface area contributed by atoms with Crippen LogP contribution in [-0.4, -0.2) is 23.5 Å². The van der Waals surface area contributed by atoms with E-state index in [1.54, 1.807) is 6.92 Å². The highest BCUT2D eigenvalue weighted by Gasteiger charge is 2.21. The minimum absolute atomic E-state index is 0.0868. The molecule has 1 aromatic rings. The second kappa shape index (κ2) is 7.62. The van der Waals surface area contributed by atoms with E-state index >= 15 is 0 Å². The van der Waals surface area contributed by atoms with E-state index in [9.17, 15) is 14.0 Å². The number of nitrogens with zero attached hydrogens (tertiary/aromatic N) is 1. The number of carboxylic acids is 1. The van der Waals surface area contributed by atoms with Crippen LogP contribution in [0.25, 0.3) is 0 Å². The van der Waals surface area contributed by atoms with Gasteiger partial charge in [-0.1, -0.05) is 20.3 Å². The number of carboxylic acid groups (broad SMARTS) is 1. The van der Waals surface area contributed by atoms with E-state index < -0.39 is 11.9 Å². The zero-order chi connectivity index (χ0) is 15.1. The molecule has 5 heteroatoms. The molecule has 1 unspecified atom stereocenters. The summed E-state index contributed by atoms with van der Waals surface area (Å²) in [6.45, 7) is 3.62. The van der Waals surface area contributed by atoms with E-state index in [4.69, 9.17) is 5.11 Å². The van der Waals surface area contributed by atoms with Gasteiger partial charge in [0, 0.05) is 18.7 Å². The molecule has 0 spiro atoms. The molecule has 110 valence electrons. The molecular weight excluding hydrogens is 261 g/mol. The maximum absolute atomic E-state index is 12.9. The van der Waals surface area contributed by atoms with Crippen molar-refractivity contribution in [2.75, 3.05) is 11.4 Å². The predicted molar refractivity (Wildman–Crippen MR) is 75.1 cm³/mol. The fourth-order valence-electron chi connectivity index (χ4n) is 1.79. The van der Waals surface area contributed by atoms with E-state index in [1.165, 1.54) is 29.2 Å². The summed E-state index contributed by atoms with van der Waals surface area (Å²) < 4.78 is 12.9. The van der Waals surface area contributed by atoms with Gasteiger partial charge in [0.2, 0.25) is 5.91 Å². The molecule has 0 aromatic heterocycles. The number of aliphatic carboxylic acids is 1. The molecule has 1 aromatic carbocycles. The first-order valence-electron chi connectivity index (χ1n) is 6.74. The molecule has 0 aliphatic heterocycles. The van der Waals surface area contributed by atoms with Gasteiger partial charge in [0.1, 0.15) is 5.82 Å². The van der Waals surface area contributed by atoms with Gasteiger partial charge in [0.15, 0.2) is 0 Å². The molecule has 0 aliphatic rings. The van der Waals surface area contributed by atoms with Crippen LogP contribution in [0.3, 0.4) is 0 Å². The molecule has 0 heterocycles. The number of anilines is 1. The Bertz CT molecular complexity index is 459. The van der Waals surface area contributed by atoms with Crippen LogP contribution in [0.1, 0.15) is 33.1 Å². The first kappa shape index (κ1) is 16.1. The Morgan fingerprint density at radius 3 is 2.40 bits per heavy atom. The first-order valence-corrected chi connectivity index (χ1v) is 6.74. The number of carbonyl (C=O) groups is 2. The molecule has 20 heavy (non-hydrogen) atoms. The number of halogens is 1. The third kappa shape index (κ3) is 4.64. The quantitative estimate of drug-likeness (QED) is 0.835. The van der Waals surface area contributed by atoms with E-state index in [2.05, 4.69) is 0 Å². The van der Waals surface area contributed by atoms with Gasteiger partial charge in [-0.2, -0.15) is 0 Å². The van der Waals surface area contributed by atoms with Crippen molar-refractivity contribution in [1.29, 1.82) is 0 Å². The number of unbranched alkanes of at least 4 members (excludes halogenated alkanes) is 1. The highest BCUT2D eigenvalue weighted by atomic mass is 19.1. The van der Waals surface area contributed by atoms with Gasteiger partial charge in [-0.3, -0.25) is 9.59 Å². The maximum atomic E-state index is 12.9. The van der Waals surface area contributed by atoms with Crippen molar-refractivity contribution in [2.45, 2.75) is 33.1 Å². The van der Waals surface area contributed by atoms with Gasteiger partial charge < -0.3 is 10.0 Å². The van der Waals surface area contributed by atoms with Crippen molar-refractivity contribution in [3.63, 3.8) is 0 Å². The van der Waals surface area contributed by atoms with E-state index in [1.807, 2.05) is 6.92 Å². The minimum atomic E-state index is -0.958. The van der Waals surface area contributed by atoms with Crippen LogP contribution in [0.4, 0.5) is 10.1 Å². The molecule has 0 aliphatic carbocycles. The van der Waals surface area contributed by atoms with Crippen LogP contribution in [-0.2, 0) is 9.59 Å². The second-order valence-electron chi connectivity index (χ2n) is 4.82. The fraction of sp³-hybridized carbons (Fsp3) is 0.467.